The minimum atomic E-state index is -0.173. The molecule has 1 aliphatic rings. The highest BCUT2D eigenvalue weighted by Gasteiger charge is 2.38. The Labute approximate surface area is 174 Å². The number of anilines is 2. The minimum Gasteiger partial charge on any atom is -0.376 e. The Balaban J connectivity index is 1.48. The third-order valence-corrected chi connectivity index (χ3v) is 5.70. The molecular weight excluding hydrogens is 391 g/mol. The van der Waals surface area contributed by atoms with E-state index in [2.05, 4.69) is 22.8 Å². The van der Waals surface area contributed by atoms with Gasteiger partial charge in [-0.2, -0.15) is 0 Å². The second-order valence-electron chi connectivity index (χ2n) is 7.11. The Morgan fingerprint density at radius 3 is 2.11 bits per heavy atom. The molecule has 0 radical (unpaired) electrons. The third kappa shape index (κ3) is 4.01. The summed E-state index contributed by atoms with van der Waals surface area (Å²) in [5.41, 5.74) is 3.51. The Morgan fingerprint density at radius 2 is 1.50 bits per heavy atom. The van der Waals surface area contributed by atoms with E-state index in [1.165, 1.54) is 12.0 Å². The fourth-order valence-electron chi connectivity index (χ4n) is 3.53. The van der Waals surface area contributed by atoms with E-state index in [0.29, 0.717) is 10.6 Å². The summed E-state index contributed by atoms with van der Waals surface area (Å²) in [7, 11) is 0. The molecule has 0 atom stereocenters. The van der Waals surface area contributed by atoms with Gasteiger partial charge in [-0.05, 0) is 79.4 Å². The average Bonchev–Trinajstić information content (AvgIpc) is 2.67. The minimum absolute atomic E-state index is 0.0661. The molecule has 4 rings (SSSR count). The lowest BCUT2D eigenvalue weighted by Gasteiger charge is -2.44. The SMILES string of the molecule is O=C(Nc1ccc(C2(Nc3ccc(Cl)cc3)CCC2)cc1)c1cccc(Cl)c1. The van der Waals surface area contributed by atoms with Crippen molar-refractivity contribution < 1.29 is 4.79 Å². The smallest absolute Gasteiger partial charge is 0.255 e. The van der Waals surface area contributed by atoms with Crippen LogP contribution < -0.4 is 10.6 Å². The fraction of sp³-hybridized carbons (Fsp3) is 0.174. The van der Waals surface area contributed by atoms with Gasteiger partial charge in [0.15, 0.2) is 0 Å². The van der Waals surface area contributed by atoms with E-state index in [4.69, 9.17) is 23.2 Å². The molecule has 5 heteroatoms. The lowest BCUT2D eigenvalue weighted by Crippen LogP contribution is -2.42. The van der Waals surface area contributed by atoms with Crippen LogP contribution in [0.15, 0.2) is 72.8 Å². The zero-order chi connectivity index (χ0) is 19.6. The molecule has 0 heterocycles. The van der Waals surface area contributed by atoms with E-state index < -0.39 is 0 Å². The molecule has 0 aliphatic heterocycles. The van der Waals surface area contributed by atoms with E-state index in [-0.39, 0.29) is 11.4 Å². The van der Waals surface area contributed by atoms with Crippen LogP contribution in [0.3, 0.4) is 0 Å². The first kappa shape index (κ1) is 18.9. The second-order valence-corrected chi connectivity index (χ2v) is 7.98. The molecule has 142 valence electrons. The molecule has 1 fully saturated rings. The number of carbonyl (C=O) groups excluding carboxylic acids is 1. The van der Waals surface area contributed by atoms with Crippen LogP contribution in [-0.2, 0) is 5.54 Å². The summed E-state index contributed by atoms with van der Waals surface area (Å²) in [6.07, 6.45) is 3.33. The fourth-order valence-corrected chi connectivity index (χ4v) is 3.85. The lowest BCUT2D eigenvalue weighted by molar-refractivity contribution is 0.102. The zero-order valence-corrected chi connectivity index (χ0v) is 16.7. The third-order valence-electron chi connectivity index (χ3n) is 5.22. The Morgan fingerprint density at radius 1 is 0.821 bits per heavy atom. The number of hydrogen-bond acceptors (Lipinski definition) is 2. The normalized spacial score (nSPS) is 14.8. The van der Waals surface area contributed by atoms with Gasteiger partial charge in [0, 0.05) is 27.0 Å². The number of benzene rings is 3. The maximum absolute atomic E-state index is 12.4. The lowest BCUT2D eigenvalue weighted by atomic mass is 9.71. The highest BCUT2D eigenvalue weighted by Crippen LogP contribution is 2.44. The van der Waals surface area contributed by atoms with Gasteiger partial charge in [-0.15, -0.1) is 0 Å². The van der Waals surface area contributed by atoms with E-state index >= 15 is 0 Å². The van der Waals surface area contributed by atoms with Gasteiger partial charge in [-0.25, -0.2) is 0 Å². The molecular formula is C23H20Cl2N2O. The standard InChI is InChI=1S/C23H20Cl2N2O/c24-18-7-11-21(12-8-18)27-23(13-2-14-23)17-5-9-20(10-6-17)26-22(28)16-3-1-4-19(25)15-16/h1,3-12,15,27H,2,13-14H2,(H,26,28). The molecule has 1 amide bonds. The Hall–Kier alpha value is -2.49. The summed E-state index contributed by atoms with van der Waals surface area (Å²) in [5, 5.41) is 7.86. The molecule has 3 aromatic carbocycles. The number of rotatable bonds is 5. The number of carbonyl (C=O) groups is 1. The average molecular weight is 411 g/mol. The molecule has 0 bridgehead atoms. The van der Waals surface area contributed by atoms with Gasteiger partial charge in [-0.1, -0.05) is 41.4 Å². The van der Waals surface area contributed by atoms with Crippen molar-refractivity contribution in [1.82, 2.24) is 0 Å². The largest absolute Gasteiger partial charge is 0.376 e. The summed E-state index contributed by atoms with van der Waals surface area (Å²) < 4.78 is 0. The van der Waals surface area contributed by atoms with Gasteiger partial charge in [0.05, 0.1) is 5.54 Å². The second kappa shape index (κ2) is 7.86. The maximum atomic E-state index is 12.4. The van der Waals surface area contributed by atoms with E-state index in [0.717, 1.165) is 29.2 Å². The quantitative estimate of drug-likeness (QED) is 0.488. The van der Waals surface area contributed by atoms with E-state index in [1.54, 1.807) is 24.3 Å². The summed E-state index contributed by atoms with van der Waals surface area (Å²) >= 11 is 12.0. The monoisotopic (exact) mass is 410 g/mol. The highest BCUT2D eigenvalue weighted by molar-refractivity contribution is 6.31. The predicted octanol–water partition coefficient (Wildman–Crippen LogP) is 6.74. The molecule has 0 saturated heterocycles. The molecule has 2 N–H and O–H groups in total. The Bertz CT molecular complexity index is 980. The molecule has 28 heavy (non-hydrogen) atoms. The van der Waals surface area contributed by atoms with Gasteiger partial charge in [0.1, 0.15) is 0 Å². The van der Waals surface area contributed by atoms with Gasteiger partial charge >= 0.3 is 0 Å². The first-order valence-corrected chi connectivity index (χ1v) is 10.0. The van der Waals surface area contributed by atoms with Crippen molar-refractivity contribution in [1.29, 1.82) is 0 Å². The summed E-state index contributed by atoms with van der Waals surface area (Å²) in [6, 6.07) is 22.8. The maximum Gasteiger partial charge on any atom is 0.255 e. The molecule has 1 aliphatic carbocycles. The molecule has 0 aromatic heterocycles. The van der Waals surface area contributed by atoms with Gasteiger partial charge in [-0.3, -0.25) is 4.79 Å². The topological polar surface area (TPSA) is 41.1 Å². The first-order valence-electron chi connectivity index (χ1n) is 9.25. The van der Waals surface area contributed by atoms with Crippen molar-refractivity contribution in [2.24, 2.45) is 0 Å². The van der Waals surface area contributed by atoms with Crippen molar-refractivity contribution in [3.05, 3.63) is 94.0 Å². The van der Waals surface area contributed by atoms with Crippen LogP contribution in [-0.4, -0.2) is 5.91 Å². The molecule has 1 saturated carbocycles. The van der Waals surface area contributed by atoms with Gasteiger partial charge < -0.3 is 10.6 Å². The van der Waals surface area contributed by atoms with Crippen molar-refractivity contribution >= 4 is 40.5 Å². The first-order chi connectivity index (χ1) is 13.5. The van der Waals surface area contributed by atoms with Crippen LogP contribution >= 0.6 is 23.2 Å². The van der Waals surface area contributed by atoms with Crippen LogP contribution in [0.2, 0.25) is 10.0 Å². The van der Waals surface area contributed by atoms with Crippen molar-refractivity contribution in [2.45, 2.75) is 24.8 Å². The predicted molar refractivity (Wildman–Crippen MR) is 116 cm³/mol. The molecule has 3 aromatic rings. The number of amides is 1. The van der Waals surface area contributed by atoms with Crippen molar-refractivity contribution in [2.75, 3.05) is 10.6 Å². The van der Waals surface area contributed by atoms with Crippen molar-refractivity contribution in [3.8, 4) is 0 Å². The molecule has 0 unspecified atom stereocenters. The molecule has 3 nitrogen and oxygen atoms in total. The van der Waals surface area contributed by atoms with Crippen LogP contribution in [0.5, 0.6) is 0 Å². The summed E-state index contributed by atoms with van der Waals surface area (Å²) in [6.45, 7) is 0. The van der Waals surface area contributed by atoms with Gasteiger partial charge in [0.25, 0.3) is 5.91 Å². The van der Waals surface area contributed by atoms with E-state index in [1.807, 2.05) is 36.4 Å². The Kier molecular flexibility index (Phi) is 5.29. The summed E-state index contributed by atoms with van der Waals surface area (Å²) in [5.74, 6) is -0.173. The van der Waals surface area contributed by atoms with E-state index in [9.17, 15) is 4.79 Å². The number of nitrogens with one attached hydrogen (secondary N) is 2. The van der Waals surface area contributed by atoms with Crippen LogP contribution in [0, 0.1) is 0 Å². The van der Waals surface area contributed by atoms with Gasteiger partial charge in [0.2, 0.25) is 0 Å². The molecule has 0 spiro atoms. The zero-order valence-electron chi connectivity index (χ0n) is 15.2. The highest BCUT2D eigenvalue weighted by atomic mass is 35.5. The number of halogens is 2. The van der Waals surface area contributed by atoms with Crippen LogP contribution in [0.4, 0.5) is 11.4 Å². The number of hydrogen-bond donors (Lipinski definition) is 2. The summed E-state index contributed by atoms with van der Waals surface area (Å²) in [4.78, 5) is 12.4. The van der Waals surface area contributed by atoms with Crippen LogP contribution in [0.25, 0.3) is 0 Å². The van der Waals surface area contributed by atoms with Crippen LogP contribution in [0.1, 0.15) is 35.2 Å². The van der Waals surface area contributed by atoms with Crippen molar-refractivity contribution in [3.63, 3.8) is 0 Å².